The van der Waals surface area contributed by atoms with Crippen molar-refractivity contribution in [1.82, 2.24) is 5.32 Å². The molecule has 1 aromatic rings. The van der Waals surface area contributed by atoms with E-state index in [-0.39, 0.29) is 0 Å². The molecular weight excluding hydrogens is 150 g/mol. The number of carbonyl (C=O) groups excluding carboxylic acids is 1. The Morgan fingerprint density at radius 1 is 1.25 bits per heavy atom. The molecule has 2 heteroatoms. The molecule has 1 N–H and O–H groups in total. The summed E-state index contributed by atoms with van der Waals surface area (Å²) in [7, 11) is 0. The molecule has 0 bridgehead atoms. The van der Waals surface area contributed by atoms with E-state index in [1.54, 1.807) is 6.41 Å². The molecule has 1 rings (SSSR count). The molecule has 0 heterocycles. The van der Waals surface area contributed by atoms with E-state index in [9.17, 15) is 4.79 Å². The van der Waals surface area contributed by atoms with Crippen LogP contribution in [0.4, 0.5) is 0 Å². The Kier molecular flexibility index (Phi) is 3.92. The van der Waals surface area contributed by atoms with Crippen LogP contribution in [0.5, 0.6) is 0 Å². The molecule has 0 atom stereocenters. The average Bonchev–Trinajstić information content (AvgIpc) is 2.14. The molecule has 0 saturated heterocycles. The lowest BCUT2D eigenvalue weighted by Crippen LogP contribution is -2.12. The fourth-order valence-electron chi connectivity index (χ4n) is 1.08. The molecule has 0 unspecified atom stereocenters. The summed E-state index contributed by atoms with van der Waals surface area (Å²) in [6, 6.07) is 10.2. The Morgan fingerprint density at radius 2 is 2.00 bits per heavy atom. The molecule has 0 aliphatic heterocycles. The second kappa shape index (κ2) is 5.35. The zero-order chi connectivity index (χ0) is 8.65. The maximum atomic E-state index is 9.78. The third-order valence-corrected chi connectivity index (χ3v) is 1.68. The highest BCUT2D eigenvalue weighted by molar-refractivity contribution is 5.46. The van der Waals surface area contributed by atoms with Crippen LogP contribution in [-0.4, -0.2) is 13.0 Å². The fraction of sp³-hybridized carbons (Fsp3) is 0.300. The maximum Gasteiger partial charge on any atom is 0.309 e. The van der Waals surface area contributed by atoms with Gasteiger partial charge in [0, 0.05) is 6.54 Å². The van der Waals surface area contributed by atoms with Crippen LogP contribution in [0.25, 0.3) is 0 Å². The zero-order valence-corrected chi connectivity index (χ0v) is 6.92. The summed E-state index contributed by atoms with van der Waals surface area (Å²) in [6.45, 7) is 0.707. The van der Waals surface area contributed by atoms with Crippen LogP contribution in [0.1, 0.15) is 12.0 Å². The van der Waals surface area contributed by atoms with Gasteiger partial charge in [-0.1, -0.05) is 30.3 Å². The van der Waals surface area contributed by atoms with Gasteiger partial charge in [-0.05, 0) is 18.4 Å². The smallest absolute Gasteiger partial charge is 0.309 e. The van der Waals surface area contributed by atoms with Crippen molar-refractivity contribution in [3.05, 3.63) is 35.9 Å². The van der Waals surface area contributed by atoms with Crippen molar-refractivity contribution in [2.24, 2.45) is 0 Å². The average molecular weight is 162 g/mol. The Morgan fingerprint density at radius 3 is 2.67 bits per heavy atom. The van der Waals surface area contributed by atoms with E-state index in [1.807, 2.05) is 18.2 Å². The monoisotopic (exact) mass is 162 g/mol. The lowest BCUT2D eigenvalue weighted by molar-refractivity contribution is 0.540. The summed E-state index contributed by atoms with van der Waals surface area (Å²) in [6.07, 6.45) is 3.63. The highest BCUT2D eigenvalue weighted by Crippen LogP contribution is 2.00. The molecule has 0 saturated carbocycles. The highest BCUT2D eigenvalue weighted by atomic mass is 16.1. The molecule has 0 aromatic heterocycles. The Labute approximate surface area is 72.6 Å². The largest absolute Gasteiger partial charge is 0.348 e. The van der Waals surface area contributed by atoms with Gasteiger partial charge in [0.05, 0.1) is 0 Å². The molecule has 2 nitrogen and oxygen atoms in total. The van der Waals surface area contributed by atoms with Crippen molar-refractivity contribution in [2.75, 3.05) is 6.54 Å². The van der Waals surface area contributed by atoms with Crippen LogP contribution < -0.4 is 5.32 Å². The minimum absolute atomic E-state index is 0.707. The van der Waals surface area contributed by atoms with Crippen molar-refractivity contribution in [3.8, 4) is 0 Å². The Hall–Kier alpha value is -1.31. The van der Waals surface area contributed by atoms with Crippen LogP contribution in [0.2, 0.25) is 0 Å². The molecule has 0 spiro atoms. The first-order valence-electron chi connectivity index (χ1n) is 4.07. The lowest BCUT2D eigenvalue weighted by Gasteiger charge is -1.99. The number of nitrogens with one attached hydrogen (secondary N) is 1. The molecule has 1 aromatic carbocycles. The van der Waals surface area contributed by atoms with Gasteiger partial charge in [-0.2, -0.15) is 0 Å². The standard InChI is InChI=1S/C10H12NO/c12-9-11-8-4-7-10-5-2-1-3-6-10/h1-3,5-6H,4,7-8H2,(H,11,12). The predicted octanol–water partition coefficient (Wildman–Crippen LogP) is 1.28. The van der Waals surface area contributed by atoms with Gasteiger partial charge in [0.25, 0.3) is 0 Å². The number of hydrogen-bond acceptors (Lipinski definition) is 1. The molecule has 12 heavy (non-hydrogen) atoms. The van der Waals surface area contributed by atoms with Gasteiger partial charge in [-0.25, -0.2) is 0 Å². The van der Waals surface area contributed by atoms with Crippen LogP contribution in [0.3, 0.4) is 0 Å². The third-order valence-electron chi connectivity index (χ3n) is 1.68. The first-order valence-corrected chi connectivity index (χ1v) is 4.07. The number of amides is 1. The Bertz CT molecular complexity index is 221. The van der Waals surface area contributed by atoms with E-state index in [1.165, 1.54) is 5.56 Å². The second-order valence-electron chi connectivity index (χ2n) is 2.62. The topological polar surface area (TPSA) is 29.1 Å². The highest BCUT2D eigenvalue weighted by Gasteiger charge is 1.90. The van der Waals surface area contributed by atoms with Crippen LogP contribution in [-0.2, 0) is 11.2 Å². The summed E-state index contributed by atoms with van der Waals surface area (Å²) < 4.78 is 0. The van der Waals surface area contributed by atoms with Gasteiger partial charge in [0.2, 0.25) is 0 Å². The number of hydrogen-bond donors (Lipinski definition) is 1. The zero-order valence-electron chi connectivity index (χ0n) is 6.92. The lowest BCUT2D eigenvalue weighted by atomic mass is 10.1. The van der Waals surface area contributed by atoms with Crippen molar-refractivity contribution in [1.29, 1.82) is 0 Å². The van der Waals surface area contributed by atoms with Crippen molar-refractivity contribution >= 4 is 6.41 Å². The van der Waals surface area contributed by atoms with E-state index in [2.05, 4.69) is 17.4 Å². The summed E-state index contributed by atoms with van der Waals surface area (Å²) in [5, 5.41) is 2.51. The number of benzene rings is 1. The molecule has 63 valence electrons. The van der Waals surface area contributed by atoms with E-state index >= 15 is 0 Å². The quantitative estimate of drug-likeness (QED) is 0.513. The molecule has 1 radical (unpaired) electrons. The summed E-state index contributed by atoms with van der Waals surface area (Å²) >= 11 is 0. The molecular formula is C10H12NO. The molecule has 0 aliphatic rings. The predicted molar refractivity (Wildman–Crippen MR) is 48.5 cm³/mol. The van der Waals surface area contributed by atoms with Crippen LogP contribution >= 0.6 is 0 Å². The van der Waals surface area contributed by atoms with Crippen molar-refractivity contribution in [2.45, 2.75) is 12.8 Å². The maximum absolute atomic E-state index is 9.78. The SMILES string of the molecule is O=[C]NCCCc1ccccc1. The first kappa shape index (κ1) is 8.78. The Balaban J connectivity index is 2.20. The van der Waals surface area contributed by atoms with Gasteiger partial charge < -0.3 is 5.32 Å². The minimum Gasteiger partial charge on any atom is -0.348 e. The van der Waals surface area contributed by atoms with Gasteiger partial charge in [-0.15, -0.1) is 0 Å². The fourth-order valence-corrected chi connectivity index (χ4v) is 1.08. The van der Waals surface area contributed by atoms with Gasteiger partial charge >= 0.3 is 6.41 Å². The number of rotatable bonds is 5. The van der Waals surface area contributed by atoms with Crippen molar-refractivity contribution < 1.29 is 4.79 Å². The summed E-state index contributed by atoms with van der Waals surface area (Å²) in [4.78, 5) is 9.78. The van der Waals surface area contributed by atoms with E-state index in [0.717, 1.165) is 12.8 Å². The molecule has 0 fully saturated rings. The van der Waals surface area contributed by atoms with Gasteiger partial charge in [-0.3, -0.25) is 4.79 Å². The van der Waals surface area contributed by atoms with Crippen molar-refractivity contribution in [3.63, 3.8) is 0 Å². The van der Waals surface area contributed by atoms with Crippen LogP contribution in [0, 0.1) is 0 Å². The van der Waals surface area contributed by atoms with E-state index < -0.39 is 0 Å². The molecule has 0 aliphatic carbocycles. The third kappa shape index (κ3) is 3.19. The normalized spacial score (nSPS) is 9.33. The van der Waals surface area contributed by atoms with E-state index in [4.69, 9.17) is 0 Å². The number of aryl methyl sites for hydroxylation is 1. The second-order valence-corrected chi connectivity index (χ2v) is 2.62. The summed E-state index contributed by atoms with van der Waals surface area (Å²) in [5.74, 6) is 0. The molecule has 1 amide bonds. The minimum atomic E-state index is 0.707. The van der Waals surface area contributed by atoms with E-state index in [0.29, 0.717) is 6.54 Å². The first-order chi connectivity index (χ1) is 5.93. The summed E-state index contributed by atoms with van der Waals surface area (Å²) in [5.41, 5.74) is 1.31. The van der Waals surface area contributed by atoms with Gasteiger partial charge in [0.15, 0.2) is 0 Å². The van der Waals surface area contributed by atoms with Crippen LogP contribution in [0.15, 0.2) is 30.3 Å². The van der Waals surface area contributed by atoms with Gasteiger partial charge in [0.1, 0.15) is 0 Å².